The molecule has 1 amide bonds. The Balaban J connectivity index is 1.08. The fraction of sp³-hybridized carbons (Fsp3) is 0.690. The largest absolute Gasteiger partial charge is 0.416 e. The fourth-order valence-corrected chi connectivity index (χ4v) is 6.16. The number of piperidine rings is 1. The van der Waals surface area contributed by atoms with Crippen molar-refractivity contribution < 1.29 is 32.2 Å². The van der Waals surface area contributed by atoms with Gasteiger partial charge in [-0.3, -0.25) is 4.79 Å². The van der Waals surface area contributed by atoms with Crippen molar-refractivity contribution in [3.05, 3.63) is 41.9 Å². The Labute approximate surface area is 238 Å². The van der Waals surface area contributed by atoms with Gasteiger partial charge >= 0.3 is 6.18 Å². The van der Waals surface area contributed by atoms with Gasteiger partial charge in [0.2, 0.25) is 0 Å². The molecule has 5 rings (SSSR count). The topological polar surface area (TPSA) is 97.8 Å². The Morgan fingerprint density at radius 2 is 2.00 bits per heavy atom. The van der Waals surface area contributed by atoms with Gasteiger partial charge in [-0.15, -0.1) is 0 Å². The molecule has 2 N–H and O–H groups in total. The number of ether oxygens (including phenoxy) is 3. The number of hydrogen-bond donors (Lipinski definition) is 2. The molecule has 1 aromatic rings. The smallest absolute Gasteiger partial charge is 0.379 e. The Morgan fingerprint density at radius 3 is 2.73 bits per heavy atom. The number of alkyl halides is 3. The van der Waals surface area contributed by atoms with E-state index in [0.717, 1.165) is 45.1 Å². The summed E-state index contributed by atoms with van der Waals surface area (Å²) in [5, 5.41) is 6.97. The number of carbonyl (C=O) groups is 1. The van der Waals surface area contributed by atoms with Crippen LogP contribution in [0.1, 0.15) is 55.4 Å². The molecule has 3 aliphatic heterocycles. The van der Waals surface area contributed by atoms with E-state index < -0.39 is 11.7 Å². The molecule has 1 unspecified atom stereocenters. The highest BCUT2D eigenvalue weighted by Gasteiger charge is 2.35. The highest BCUT2D eigenvalue weighted by atomic mass is 19.4. The van der Waals surface area contributed by atoms with Gasteiger partial charge in [-0.1, -0.05) is 18.2 Å². The van der Waals surface area contributed by atoms with Gasteiger partial charge in [0.1, 0.15) is 17.8 Å². The first-order chi connectivity index (χ1) is 19.8. The van der Waals surface area contributed by atoms with E-state index in [9.17, 15) is 18.0 Å². The zero-order valence-corrected chi connectivity index (χ0v) is 23.4. The van der Waals surface area contributed by atoms with Gasteiger partial charge in [0.15, 0.2) is 0 Å². The molecular weight excluding hydrogens is 539 g/mol. The van der Waals surface area contributed by atoms with Crippen molar-refractivity contribution in [3.8, 4) is 0 Å². The van der Waals surface area contributed by atoms with E-state index in [2.05, 4.69) is 20.6 Å². The first-order valence-corrected chi connectivity index (χ1v) is 14.6. The number of halogens is 3. The van der Waals surface area contributed by atoms with Crippen LogP contribution >= 0.6 is 0 Å². The van der Waals surface area contributed by atoms with Crippen molar-refractivity contribution >= 4 is 11.7 Å². The van der Waals surface area contributed by atoms with E-state index in [-0.39, 0.29) is 36.2 Å². The van der Waals surface area contributed by atoms with Gasteiger partial charge in [-0.2, -0.15) is 13.2 Å². The maximum atomic E-state index is 13.2. The Bertz CT molecular complexity index is 1090. The predicted molar refractivity (Wildman–Crippen MR) is 147 cm³/mol. The molecule has 3 saturated heterocycles. The summed E-state index contributed by atoms with van der Waals surface area (Å²) in [6.45, 7) is 3.12. The molecule has 226 valence electrons. The third-order valence-electron chi connectivity index (χ3n) is 8.56. The summed E-state index contributed by atoms with van der Waals surface area (Å²) in [6.07, 6.45) is 6.54. The molecule has 0 saturated carbocycles. The van der Waals surface area contributed by atoms with Crippen molar-refractivity contribution in [2.75, 3.05) is 45.3 Å². The van der Waals surface area contributed by atoms with Gasteiger partial charge in [0.05, 0.1) is 30.5 Å². The fourth-order valence-electron chi connectivity index (χ4n) is 6.16. The predicted octanol–water partition coefficient (Wildman–Crippen LogP) is 3.89. The van der Waals surface area contributed by atoms with E-state index in [1.165, 1.54) is 18.5 Å². The number of likely N-dealkylation sites (tertiary alicyclic amines) is 1. The summed E-state index contributed by atoms with van der Waals surface area (Å²) >= 11 is 0. The van der Waals surface area contributed by atoms with Crippen molar-refractivity contribution in [2.24, 2.45) is 5.92 Å². The lowest BCUT2D eigenvalue weighted by molar-refractivity contribution is -0.0899. The van der Waals surface area contributed by atoms with Crippen LogP contribution in [0.5, 0.6) is 0 Å². The lowest BCUT2D eigenvalue weighted by Crippen LogP contribution is -2.54. The third-order valence-corrected chi connectivity index (χ3v) is 8.56. The molecule has 12 heteroatoms. The molecule has 9 nitrogen and oxygen atoms in total. The average molecular weight is 580 g/mol. The Hall–Kier alpha value is -2.54. The van der Waals surface area contributed by atoms with Crippen molar-refractivity contribution in [1.29, 1.82) is 0 Å². The van der Waals surface area contributed by atoms with Crippen molar-refractivity contribution in [2.45, 2.75) is 81.5 Å². The first kappa shape index (κ1) is 29.9. The van der Waals surface area contributed by atoms with E-state index in [0.29, 0.717) is 50.2 Å². The minimum absolute atomic E-state index is 0.0490. The van der Waals surface area contributed by atoms with Gasteiger partial charge in [-0.05, 0) is 44.9 Å². The zero-order valence-electron chi connectivity index (χ0n) is 23.4. The van der Waals surface area contributed by atoms with Gasteiger partial charge in [0.25, 0.3) is 5.91 Å². The van der Waals surface area contributed by atoms with Crippen molar-refractivity contribution in [1.82, 2.24) is 20.2 Å². The van der Waals surface area contributed by atoms with Gasteiger partial charge in [-0.25, -0.2) is 9.97 Å². The monoisotopic (exact) mass is 579 g/mol. The highest BCUT2D eigenvalue weighted by molar-refractivity contribution is 5.93. The van der Waals surface area contributed by atoms with E-state index in [1.807, 2.05) is 4.90 Å². The lowest BCUT2D eigenvalue weighted by Gasteiger charge is -2.38. The highest BCUT2D eigenvalue weighted by Crippen LogP contribution is 2.35. The molecule has 1 aliphatic carbocycles. The average Bonchev–Trinajstić information content (AvgIpc) is 3.00. The zero-order chi connectivity index (χ0) is 28.8. The summed E-state index contributed by atoms with van der Waals surface area (Å²) in [6, 6.07) is 2.26. The molecule has 4 aliphatic rings. The Morgan fingerprint density at radius 1 is 1.17 bits per heavy atom. The van der Waals surface area contributed by atoms with Gasteiger partial charge in [0, 0.05) is 57.4 Å². The molecule has 0 spiro atoms. The van der Waals surface area contributed by atoms with Crippen LogP contribution in [0, 0.1) is 5.92 Å². The lowest BCUT2D eigenvalue weighted by atomic mass is 9.87. The van der Waals surface area contributed by atoms with Crippen LogP contribution in [0.15, 0.2) is 36.2 Å². The van der Waals surface area contributed by atoms with Crippen LogP contribution in [-0.2, 0) is 14.2 Å². The molecule has 1 aromatic heterocycles. The third kappa shape index (κ3) is 7.85. The second kappa shape index (κ2) is 13.6. The second-order valence-electron chi connectivity index (χ2n) is 11.3. The van der Waals surface area contributed by atoms with Crippen LogP contribution in [0.4, 0.5) is 19.0 Å². The summed E-state index contributed by atoms with van der Waals surface area (Å²) in [4.78, 5) is 23.5. The Kier molecular flexibility index (Phi) is 9.95. The summed E-state index contributed by atoms with van der Waals surface area (Å²) in [5.41, 5.74) is -0.243. The van der Waals surface area contributed by atoms with Crippen LogP contribution in [0.25, 0.3) is 0 Å². The number of rotatable bonds is 8. The summed E-state index contributed by atoms with van der Waals surface area (Å²) in [7, 11) is 1.71. The summed E-state index contributed by atoms with van der Waals surface area (Å²) < 4.78 is 56.1. The normalized spacial score (nSPS) is 29.7. The standard InChI is InChI=1S/C29H40F3N5O4/c1-39-26-17-40-14-11-23(26)36-21-9-12-37(13-10-21)28(38)24-15-27(35-18-34-24)33-16-22-3-2-4-25(41-22)19-5-7-20(8-6-19)29(30,31)32/h5,7-8,15,18-19,21-23,25-26,36H,2-4,6,9-14,16-17H2,1H3,(H,33,34,35)/t19?,22-,23-,25+,26+/m1/s1. The first-order valence-electron chi connectivity index (χ1n) is 14.6. The molecule has 0 radical (unpaired) electrons. The number of nitrogens with one attached hydrogen (secondary N) is 2. The maximum absolute atomic E-state index is 13.2. The minimum Gasteiger partial charge on any atom is -0.379 e. The number of carbonyl (C=O) groups excluding carboxylic acids is 1. The summed E-state index contributed by atoms with van der Waals surface area (Å²) in [5.74, 6) is 0.370. The maximum Gasteiger partial charge on any atom is 0.416 e. The molecule has 4 heterocycles. The quantitative estimate of drug-likeness (QED) is 0.479. The second-order valence-corrected chi connectivity index (χ2v) is 11.3. The SMILES string of the molecule is CO[C@H]1COCC[C@H]1NC1CCN(C(=O)c2cc(NC[C@H]3CCC[C@@H](C4C=CC(C(F)(F)F)=CC4)O3)ncn2)CC1. The van der Waals surface area contributed by atoms with Crippen molar-refractivity contribution in [3.63, 3.8) is 0 Å². The molecule has 3 fully saturated rings. The number of allylic oxidation sites excluding steroid dienone is 3. The molecular formula is C29H40F3N5O4. The van der Waals surface area contributed by atoms with Gasteiger partial charge < -0.3 is 29.7 Å². The van der Waals surface area contributed by atoms with E-state index in [1.54, 1.807) is 19.3 Å². The van der Waals surface area contributed by atoms with Crippen LogP contribution in [-0.4, -0.2) is 97.3 Å². The van der Waals surface area contributed by atoms with Crippen LogP contribution in [0.2, 0.25) is 0 Å². The number of hydrogen-bond acceptors (Lipinski definition) is 8. The molecule has 5 atom stereocenters. The molecule has 0 bridgehead atoms. The number of methoxy groups -OCH3 is 1. The molecule has 0 aromatic carbocycles. The van der Waals surface area contributed by atoms with E-state index in [4.69, 9.17) is 14.2 Å². The molecule has 41 heavy (non-hydrogen) atoms. The minimum atomic E-state index is -4.31. The van der Waals surface area contributed by atoms with E-state index >= 15 is 0 Å². The number of aromatic nitrogens is 2. The van der Waals surface area contributed by atoms with Crippen LogP contribution < -0.4 is 10.6 Å². The van der Waals surface area contributed by atoms with Crippen LogP contribution in [0.3, 0.4) is 0 Å². The number of amides is 1. The number of nitrogens with zero attached hydrogens (tertiary/aromatic N) is 3. The number of anilines is 1.